The number of methoxy groups -OCH3 is 1. The van der Waals surface area contributed by atoms with Crippen LogP contribution in [0.25, 0.3) is 0 Å². The van der Waals surface area contributed by atoms with Gasteiger partial charge in [0, 0.05) is 19.7 Å². The number of nitrogens with one attached hydrogen (secondary N) is 1. The lowest BCUT2D eigenvalue weighted by molar-refractivity contribution is 0.217. The first-order chi connectivity index (χ1) is 7.46. The lowest BCUT2D eigenvalue weighted by atomic mass is 9.95. The van der Waals surface area contributed by atoms with Gasteiger partial charge in [-0.15, -0.1) is 0 Å². The maximum atomic E-state index is 11.4. The van der Waals surface area contributed by atoms with Crippen LogP contribution in [0.2, 0.25) is 0 Å². The third kappa shape index (κ3) is 6.42. The van der Waals surface area contributed by atoms with E-state index in [0.717, 1.165) is 12.8 Å². The average Bonchev–Trinajstić information content (AvgIpc) is 2.25. The van der Waals surface area contributed by atoms with E-state index in [1.165, 1.54) is 7.11 Å². The van der Waals surface area contributed by atoms with E-state index >= 15 is 0 Å². The molecule has 0 saturated heterocycles. The SMILES string of the molecule is CCC(CC)C(N)CNS(=O)(=O)CCOC. The molecule has 3 N–H and O–H groups in total. The summed E-state index contributed by atoms with van der Waals surface area (Å²) in [5, 5.41) is 0. The summed E-state index contributed by atoms with van der Waals surface area (Å²) in [7, 11) is -1.77. The molecule has 0 saturated carbocycles. The summed E-state index contributed by atoms with van der Waals surface area (Å²) in [6.07, 6.45) is 1.94. The molecule has 1 atom stereocenters. The molecule has 0 fully saturated rings. The number of hydrogen-bond donors (Lipinski definition) is 2. The van der Waals surface area contributed by atoms with E-state index < -0.39 is 10.0 Å². The number of hydrogen-bond acceptors (Lipinski definition) is 4. The van der Waals surface area contributed by atoms with Gasteiger partial charge < -0.3 is 10.5 Å². The van der Waals surface area contributed by atoms with Crippen LogP contribution in [0, 0.1) is 5.92 Å². The predicted octanol–water partition coefficient (Wildman–Crippen LogP) is 0.316. The van der Waals surface area contributed by atoms with Gasteiger partial charge in [-0.1, -0.05) is 26.7 Å². The number of sulfonamides is 1. The van der Waals surface area contributed by atoms with Crippen LogP contribution in [0.3, 0.4) is 0 Å². The molecule has 0 spiro atoms. The van der Waals surface area contributed by atoms with Crippen molar-refractivity contribution < 1.29 is 13.2 Å². The van der Waals surface area contributed by atoms with Gasteiger partial charge in [0.1, 0.15) is 0 Å². The van der Waals surface area contributed by atoms with Gasteiger partial charge in [-0.05, 0) is 5.92 Å². The van der Waals surface area contributed by atoms with E-state index in [4.69, 9.17) is 10.5 Å². The van der Waals surface area contributed by atoms with Crippen LogP contribution in [0.5, 0.6) is 0 Å². The highest BCUT2D eigenvalue weighted by Gasteiger charge is 2.17. The van der Waals surface area contributed by atoms with Crippen molar-refractivity contribution in [1.29, 1.82) is 0 Å². The van der Waals surface area contributed by atoms with E-state index in [1.54, 1.807) is 0 Å². The van der Waals surface area contributed by atoms with Gasteiger partial charge >= 0.3 is 0 Å². The molecular weight excluding hydrogens is 228 g/mol. The molecule has 98 valence electrons. The Morgan fingerprint density at radius 1 is 1.31 bits per heavy atom. The molecule has 0 aromatic heterocycles. The number of rotatable bonds is 9. The molecule has 0 aromatic rings. The van der Waals surface area contributed by atoms with Crippen LogP contribution in [0.1, 0.15) is 26.7 Å². The van der Waals surface area contributed by atoms with Crippen molar-refractivity contribution in [3.63, 3.8) is 0 Å². The maximum absolute atomic E-state index is 11.4. The topological polar surface area (TPSA) is 81.4 Å². The van der Waals surface area contributed by atoms with Crippen molar-refractivity contribution in [3.05, 3.63) is 0 Å². The Balaban J connectivity index is 4.03. The quantitative estimate of drug-likeness (QED) is 0.619. The van der Waals surface area contributed by atoms with Gasteiger partial charge in [0.2, 0.25) is 10.0 Å². The molecule has 0 aliphatic carbocycles. The van der Waals surface area contributed by atoms with E-state index in [9.17, 15) is 8.42 Å². The highest BCUT2D eigenvalue weighted by Crippen LogP contribution is 2.10. The van der Waals surface area contributed by atoms with Crippen molar-refractivity contribution in [2.24, 2.45) is 11.7 Å². The molecule has 1 unspecified atom stereocenters. The molecule has 0 rings (SSSR count). The second-order valence-corrected chi connectivity index (χ2v) is 5.83. The molecule has 0 bridgehead atoms. The summed E-state index contributed by atoms with van der Waals surface area (Å²) in [5.41, 5.74) is 5.92. The summed E-state index contributed by atoms with van der Waals surface area (Å²) >= 11 is 0. The first-order valence-electron chi connectivity index (χ1n) is 5.68. The minimum atomic E-state index is -3.24. The van der Waals surface area contributed by atoms with Crippen LogP contribution >= 0.6 is 0 Å². The Hall–Kier alpha value is -0.170. The highest BCUT2D eigenvalue weighted by molar-refractivity contribution is 7.89. The summed E-state index contributed by atoms with van der Waals surface area (Å²) in [5.74, 6) is 0.351. The fourth-order valence-electron chi connectivity index (χ4n) is 1.55. The van der Waals surface area contributed by atoms with Gasteiger partial charge in [-0.25, -0.2) is 13.1 Å². The van der Waals surface area contributed by atoms with Gasteiger partial charge in [0.05, 0.1) is 12.4 Å². The van der Waals surface area contributed by atoms with Gasteiger partial charge in [-0.3, -0.25) is 0 Å². The summed E-state index contributed by atoms with van der Waals surface area (Å²) in [4.78, 5) is 0. The first-order valence-corrected chi connectivity index (χ1v) is 7.33. The minimum absolute atomic E-state index is 0.0147. The van der Waals surface area contributed by atoms with Gasteiger partial charge in [0.25, 0.3) is 0 Å². The monoisotopic (exact) mass is 252 g/mol. The standard InChI is InChI=1S/C10H24N2O3S/c1-4-9(5-2)10(11)8-12-16(13,14)7-6-15-3/h9-10,12H,4-8,11H2,1-3H3. The van der Waals surface area contributed by atoms with E-state index in [0.29, 0.717) is 12.5 Å². The van der Waals surface area contributed by atoms with Crippen molar-refractivity contribution in [3.8, 4) is 0 Å². The zero-order valence-corrected chi connectivity index (χ0v) is 11.2. The van der Waals surface area contributed by atoms with Crippen molar-refractivity contribution >= 4 is 10.0 Å². The largest absolute Gasteiger partial charge is 0.384 e. The highest BCUT2D eigenvalue weighted by atomic mass is 32.2. The molecule has 0 aliphatic heterocycles. The minimum Gasteiger partial charge on any atom is -0.384 e. The normalized spacial score (nSPS) is 14.3. The lowest BCUT2D eigenvalue weighted by Gasteiger charge is -2.21. The molecule has 0 heterocycles. The van der Waals surface area contributed by atoms with Crippen molar-refractivity contribution in [1.82, 2.24) is 4.72 Å². The zero-order chi connectivity index (χ0) is 12.6. The van der Waals surface area contributed by atoms with Crippen LogP contribution in [0.4, 0.5) is 0 Å². The zero-order valence-electron chi connectivity index (χ0n) is 10.4. The fourth-order valence-corrected chi connectivity index (χ4v) is 2.53. The Labute approximate surface area is 98.8 Å². The Bertz CT molecular complexity index is 263. The van der Waals surface area contributed by atoms with Gasteiger partial charge in [-0.2, -0.15) is 0 Å². The van der Waals surface area contributed by atoms with Gasteiger partial charge in [0.15, 0.2) is 0 Å². The van der Waals surface area contributed by atoms with Crippen LogP contribution in [0.15, 0.2) is 0 Å². The maximum Gasteiger partial charge on any atom is 0.213 e. The van der Waals surface area contributed by atoms with Crippen LogP contribution < -0.4 is 10.5 Å². The Morgan fingerprint density at radius 3 is 2.31 bits per heavy atom. The molecule has 0 aromatic carbocycles. The van der Waals surface area contributed by atoms with Crippen molar-refractivity contribution in [2.45, 2.75) is 32.7 Å². The number of nitrogens with two attached hydrogens (primary N) is 1. The second-order valence-electron chi connectivity index (χ2n) is 3.90. The smallest absolute Gasteiger partial charge is 0.213 e. The van der Waals surface area contributed by atoms with Crippen molar-refractivity contribution in [2.75, 3.05) is 26.0 Å². The fraction of sp³-hybridized carbons (Fsp3) is 1.00. The average molecular weight is 252 g/mol. The molecule has 5 nitrogen and oxygen atoms in total. The second kappa shape index (κ2) is 8.00. The van der Waals surface area contributed by atoms with E-state index in [2.05, 4.69) is 18.6 Å². The molecule has 0 amide bonds. The Kier molecular flexibility index (Phi) is 7.91. The van der Waals surface area contributed by atoms with Crippen LogP contribution in [-0.2, 0) is 14.8 Å². The summed E-state index contributed by atoms with van der Waals surface area (Å²) in [6, 6.07) is -0.118. The van der Waals surface area contributed by atoms with E-state index in [1.807, 2.05) is 0 Å². The third-order valence-electron chi connectivity index (χ3n) is 2.75. The molecule has 0 aliphatic rings. The molecule has 6 heteroatoms. The Morgan fingerprint density at radius 2 is 1.88 bits per heavy atom. The first kappa shape index (κ1) is 15.8. The number of ether oxygens (including phenoxy) is 1. The molecule has 16 heavy (non-hydrogen) atoms. The molecular formula is C10H24N2O3S. The van der Waals surface area contributed by atoms with E-state index in [-0.39, 0.29) is 18.4 Å². The third-order valence-corrected chi connectivity index (χ3v) is 4.06. The lowest BCUT2D eigenvalue weighted by Crippen LogP contribution is -2.42. The summed E-state index contributed by atoms with van der Waals surface area (Å²) < 4.78 is 30.1. The summed E-state index contributed by atoms with van der Waals surface area (Å²) in [6.45, 7) is 4.63. The molecule has 0 radical (unpaired) electrons. The predicted molar refractivity (Wildman–Crippen MR) is 65.7 cm³/mol. The van der Waals surface area contributed by atoms with Crippen LogP contribution in [-0.4, -0.2) is 40.5 Å².